The van der Waals surface area contributed by atoms with Gasteiger partial charge in [0, 0.05) is 28.5 Å². The summed E-state index contributed by atoms with van der Waals surface area (Å²) in [5.74, 6) is 2.55. The molecule has 0 aromatic heterocycles. The van der Waals surface area contributed by atoms with E-state index in [2.05, 4.69) is 57.3 Å². The highest BCUT2D eigenvalue weighted by atomic mass is 16.5. The zero-order valence-electron chi connectivity index (χ0n) is 46.3. The van der Waals surface area contributed by atoms with Crippen molar-refractivity contribution < 1.29 is 47.7 Å². The minimum atomic E-state index is -0.703. The lowest BCUT2D eigenvalue weighted by atomic mass is 9.78. The highest BCUT2D eigenvalue weighted by Crippen LogP contribution is 2.40. The van der Waals surface area contributed by atoms with Gasteiger partial charge in [0.25, 0.3) is 35.4 Å². The standard InChI is InChI=1S/C69H59N3O10/c1-7-69(6,40-8-9-43-10-22-49(23-11-43)79-50-24-12-44(13-25-50)67(2,3)45-14-26-51(27-15-45)80-54-32-20-48(21-33-54)71-61(73)38-39-62(71)74)72-65(77)58-37-35-56(42-60(58)66(72)78)82-53-30-18-47(19-31-53)68(4,5)46-16-28-52(29-17-46)81-55-34-36-57-59(41-55)64(76)70-63(57)75/h10-39,41-42H,7-9,40H2,1-6H3,(H,70,75,76). The Hall–Kier alpha value is -9.88. The molecule has 0 saturated carbocycles. The first kappa shape index (κ1) is 54.1. The number of ether oxygens (including phenoxy) is 4. The fourth-order valence-corrected chi connectivity index (χ4v) is 10.8. The molecule has 82 heavy (non-hydrogen) atoms. The second-order valence-corrected chi connectivity index (χ2v) is 22.1. The largest absolute Gasteiger partial charge is 0.457 e. The van der Waals surface area contributed by atoms with Crippen molar-refractivity contribution in [2.75, 3.05) is 4.90 Å². The average Bonchev–Trinajstić information content (AvgIpc) is 4.23. The van der Waals surface area contributed by atoms with Crippen LogP contribution in [0.5, 0.6) is 46.0 Å². The molecule has 3 heterocycles. The Morgan fingerprint density at radius 2 is 0.756 bits per heavy atom. The first-order chi connectivity index (χ1) is 39.4. The number of anilines is 1. The molecule has 3 aliphatic rings. The van der Waals surface area contributed by atoms with Gasteiger partial charge < -0.3 is 18.9 Å². The lowest BCUT2D eigenvalue weighted by Gasteiger charge is -2.37. The third kappa shape index (κ3) is 10.7. The average molecular weight is 1090 g/mol. The molecule has 0 spiro atoms. The molecule has 8 aromatic carbocycles. The zero-order valence-corrected chi connectivity index (χ0v) is 46.3. The molecule has 1 atom stereocenters. The van der Waals surface area contributed by atoms with Crippen molar-refractivity contribution in [2.45, 2.75) is 83.6 Å². The Balaban J connectivity index is 0.651. The molecule has 13 nitrogen and oxygen atoms in total. The molecule has 11 rings (SSSR count). The SMILES string of the molecule is CCC(C)(CCCc1ccc(Oc2ccc(C(C)(C)c3ccc(Oc4ccc(N5C(=O)C=CC5=O)cc4)cc3)cc2)cc1)N1C(=O)c2ccc(Oc3ccc(C(C)(C)c4ccc(Oc5ccc6c(c5)C(=O)NC6=O)cc4)cc3)cc2C1=O. The van der Waals surface area contributed by atoms with Gasteiger partial charge in [0.15, 0.2) is 0 Å². The molecular weight excluding hydrogens is 1030 g/mol. The lowest BCUT2D eigenvalue weighted by molar-refractivity contribution is -0.120. The number of aryl methyl sites for hydroxylation is 1. The van der Waals surface area contributed by atoms with E-state index in [0.29, 0.717) is 86.8 Å². The number of amides is 6. The Morgan fingerprint density at radius 1 is 0.402 bits per heavy atom. The summed E-state index contributed by atoms with van der Waals surface area (Å²) in [6.45, 7) is 12.6. The number of carbonyl (C=O) groups excluding carboxylic acids is 6. The van der Waals surface area contributed by atoms with Crippen LogP contribution in [0.3, 0.4) is 0 Å². The van der Waals surface area contributed by atoms with E-state index in [0.717, 1.165) is 45.6 Å². The molecular formula is C69H59N3O10. The summed E-state index contributed by atoms with van der Waals surface area (Å²) in [6.07, 6.45) is 5.25. The monoisotopic (exact) mass is 1090 g/mol. The Labute approximate surface area is 475 Å². The first-order valence-electron chi connectivity index (χ1n) is 27.3. The molecule has 1 N–H and O–H groups in total. The maximum atomic E-state index is 14.1. The van der Waals surface area contributed by atoms with Crippen LogP contribution in [-0.4, -0.2) is 45.9 Å². The van der Waals surface area contributed by atoms with Crippen LogP contribution in [0, 0.1) is 0 Å². The molecule has 13 heteroatoms. The number of fused-ring (bicyclic) bond motifs is 2. The third-order valence-corrected chi connectivity index (χ3v) is 16.1. The Kier molecular flexibility index (Phi) is 14.3. The second kappa shape index (κ2) is 21.6. The maximum absolute atomic E-state index is 14.1. The molecule has 8 aromatic rings. The van der Waals surface area contributed by atoms with E-state index in [1.807, 2.05) is 111 Å². The highest BCUT2D eigenvalue weighted by molar-refractivity contribution is 6.28. The van der Waals surface area contributed by atoms with Crippen molar-refractivity contribution in [1.82, 2.24) is 10.2 Å². The van der Waals surface area contributed by atoms with Crippen molar-refractivity contribution in [1.29, 1.82) is 0 Å². The number of nitrogens with one attached hydrogen (secondary N) is 1. The summed E-state index contributed by atoms with van der Waals surface area (Å²) in [7, 11) is 0. The topological polar surface area (TPSA) is 158 Å². The fraction of sp³-hybridized carbons (Fsp3) is 0.188. The minimum absolute atomic E-state index is 0.293. The van der Waals surface area contributed by atoms with Crippen LogP contribution < -0.4 is 29.2 Å². The molecule has 0 saturated heterocycles. The van der Waals surface area contributed by atoms with Gasteiger partial charge in [-0.1, -0.05) is 95.3 Å². The summed E-state index contributed by atoms with van der Waals surface area (Å²) >= 11 is 0. The predicted octanol–water partition coefficient (Wildman–Crippen LogP) is 14.6. The van der Waals surface area contributed by atoms with Crippen LogP contribution in [0.15, 0.2) is 194 Å². The van der Waals surface area contributed by atoms with Crippen LogP contribution in [0.4, 0.5) is 5.69 Å². The number of nitrogens with zero attached hydrogens (tertiary/aromatic N) is 2. The van der Waals surface area contributed by atoms with Gasteiger partial charge in [0.05, 0.1) is 27.9 Å². The minimum Gasteiger partial charge on any atom is -0.457 e. The van der Waals surface area contributed by atoms with Crippen molar-refractivity contribution in [3.8, 4) is 46.0 Å². The van der Waals surface area contributed by atoms with E-state index in [1.165, 1.54) is 17.1 Å². The van der Waals surface area contributed by atoms with Gasteiger partial charge in [-0.3, -0.25) is 39.0 Å². The van der Waals surface area contributed by atoms with Crippen LogP contribution >= 0.6 is 0 Å². The molecule has 410 valence electrons. The number of carbonyl (C=O) groups is 6. The van der Waals surface area contributed by atoms with Crippen LogP contribution in [0.1, 0.15) is 130 Å². The van der Waals surface area contributed by atoms with Crippen molar-refractivity contribution in [2.24, 2.45) is 0 Å². The van der Waals surface area contributed by atoms with Gasteiger partial charge in [0.1, 0.15) is 46.0 Å². The van der Waals surface area contributed by atoms with Gasteiger partial charge in [-0.25, -0.2) is 4.90 Å². The molecule has 0 fully saturated rings. The number of imide groups is 3. The zero-order chi connectivity index (χ0) is 57.5. The molecule has 3 aliphatic heterocycles. The van der Waals surface area contributed by atoms with E-state index in [1.54, 1.807) is 60.7 Å². The second-order valence-electron chi connectivity index (χ2n) is 22.1. The fourth-order valence-electron chi connectivity index (χ4n) is 10.8. The predicted molar refractivity (Wildman–Crippen MR) is 312 cm³/mol. The van der Waals surface area contributed by atoms with Gasteiger partial charge in [-0.05, 0) is 182 Å². The molecule has 6 amide bonds. The van der Waals surface area contributed by atoms with Crippen molar-refractivity contribution in [3.63, 3.8) is 0 Å². The lowest BCUT2D eigenvalue weighted by Crippen LogP contribution is -2.49. The van der Waals surface area contributed by atoms with Crippen LogP contribution in [-0.2, 0) is 26.8 Å². The van der Waals surface area contributed by atoms with Crippen molar-refractivity contribution >= 4 is 41.1 Å². The number of hydrogen-bond donors (Lipinski definition) is 1. The Morgan fingerprint density at radius 3 is 1.20 bits per heavy atom. The van der Waals surface area contributed by atoms with E-state index >= 15 is 0 Å². The molecule has 0 bridgehead atoms. The smallest absolute Gasteiger partial charge is 0.262 e. The van der Waals surface area contributed by atoms with Crippen LogP contribution in [0.25, 0.3) is 0 Å². The van der Waals surface area contributed by atoms with E-state index in [-0.39, 0.29) is 34.5 Å². The van der Waals surface area contributed by atoms with Gasteiger partial charge >= 0.3 is 0 Å². The summed E-state index contributed by atoms with van der Waals surface area (Å²) in [4.78, 5) is 78.8. The third-order valence-electron chi connectivity index (χ3n) is 16.1. The van der Waals surface area contributed by atoms with E-state index in [9.17, 15) is 28.8 Å². The number of hydrogen-bond acceptors (Lipinski definition) is 10. The quantitative estimate of drug-likeness (QED) is 0.0773. The highest BCUT2D eigenvalue weighted by Gasteiger charge is 2.45. The first-order valence-corrected chi connectivity index (χ1v) is 27.3. The summed E-state index contributed by atoms with van der Waals surface area (Å²) in [5, 5.41) is 2.30. The van der Waals surface area contributed by atoms with Gasteiger partial charge in [-0.2, -0.15) is 0 Å². The van der Waals surface area contributed by atoms with Gasteiger partial charge in [0.2, 0.25) is 0 Å². The molecule has 0 aliphatic carbocycles. The summed E-state index contributed by atoms with van der Waals surface area (Å²) < 4.78 is 24.6. The molecule has 1 unspecified atom stereocenters. The Bertz CT molecular complexity index is 3830. The molecule has 0 radical (unpaired) electrons. The maximum Gasteiger partial charge on any atom is 0.262 e. The number of benzene rings is 8. The number of rotatable bonds is 19. The van der Waals surface area contributed by atoms with Gasteiger partial charge in [-0.15, -0.1) is 0 Å². The van der Waals surface area contributed by atoms with E-state index < -0.39 is 17.4 Å². The normalized spacial score (nSPS) is 14.7. The van der Waals surface area contributed by atoms with Crippen LogP contribution in [0.2, 0.25) is 0 Å². The van der Waals surface area contributed by atoms with E-state index in [4.69, 9.17) is 18.9 Å². The summed E-state index contributed by atoms with van der Waals surface area (Å²) in [6, 6.07) is 56.3. The van der Waals surface area contributed by atoms with Crippen molar-refractivity contribution in [3.05, 3.63) is 244 Å². The summed E-state index contributed by atoms with van der Waals surface area (Å²) in [5.41, 5.74) is 5.83.